The Morgan fingerprint density at radius 1 is 1.10 bits per heavy atom. The fourth-order valence-electron chi connectivity index (χ4n) is 3.53. The Balaban J connectivity index is 1.96. The van der Waals surface area contributed by atoms with Crippen LogP contribution in [0.25, 0.3) is 0 Å². The van der Waals surface area contributed by atoms with Gasteiger partial charge < -0.3 is 10.2 Å². The SMILES string of the molecule is CC(C)(C)S(=O)(=O)CCN1CCCNC2(CCCCC2)C1. The van der Waals surface area contributed by atoms with Crippen molar-refractivity contribution in [1.82, 2.24) is 10.2 Å². The van der Waals surface area contributed by atoms with Gasteiger partial charge in [0.25, 0.3) is 0 Å². The van der Waals surface area contributed by atoms with Crippen molar-refractivity contribution in [2.45, 2.75) is 69.6 Å². The van der Waals surface area contributed by atoms with Crippen LogP contribution in [0.3, 0.4) is 0 Å². The zero-order chi connectivity index (χ0) is 15.6. The van der Waals surface area contributed by atoms with E-state index in [0.29, 0.717) is 6.54 Å². The van der Waals surface area contributed by atoms with Crippen molar-refractivity contribution in [1.29, 1.82) is 0 Å². The first-order chi connectivity index (χ1) is 9.74. The molecule has 1 aliphatic heterocycles. The Morgan fingerprint density at radius 2 is 1.76 bits per heavy atom. The molecule has 4 nitrogen and oxygen atoms in total. The van der Waals surface area contributed by atoms with Gasteiger partial charge in [-0.2, -0.15) is 0 Å². The van der Waals surface area contributed by atoms with E-state index in [9.17, 15) is 8.42 Å². The van der Waals surface area contributed by atoms with Crippen LogP contribution in [-0.2, 0) is 9.84 Å². The fraction of sp³-hybridized carbons (Fsp3) is 1.00. The van der Waals surface area contributed by atoms with Gasteiger partial charge in [0.05, 0.1) is 10.5 Å². The molecule has 1 spiro atoms. The third kappa shape index (κ3) is 4.42. The maximum absolute atomic E-state index is 12.3. The van der Waals surface area contributed by atoms with Crippen molar-refractivity contribution in [3.05, 3.63) is 0 Å². The van der Waals surface area contributed by atoms with E-state index in [1.165, 1.54) is 32.1 Å². The zero-order valence-corrected chi connectivity index (χ0v) is 14.8. The van der Waals surface area contributed by atoms with Crippen LogP contribution in [0.4, 0.5) is 0 Å². The quantitative estimate of drug-likeness (QED) is 0.867. The van der Waals surface area contributed by atoms with Gasteiger partial charge in [0.1, 0.15) is 0 Å². The highest BCUT2D eigenvalue weighted by molar-refractivity contribution is 7.92. The lowest BCUT2D eigenvalue weighted by molar-refractivity contribution is 0.169. The molecule has 0 radical (unpaired) electrons. The first-order valence-corrected chi connectivity index (χ1v) is 10.1. The number of hydrogen-bond donors (Lipinski definition) is 1. The molecule has 0 unspecified atom stereocenters. The Morgan fingerprint density at radius 3 is 2.38 bits per heavy atom. The number of nitrogens with zero attached hydrogens (tertiary/aromatic N) is 1. The van der Waals surface area contributed by atoms with E-state index in [0.717, 1.165) is 26.1 Å². The molecule has 124 valence electrons. The number of sulfone groups is 1. The molecule has 2 fully saturated rings. The summed E-state index contributed by atoms with van der Waals surface area (Å²) in [6.45, 7) is 9.20. The number of rotatable bonds is 3. The van der Waals surface area contributed by atoms with Crippen molar-refractivity contribution in [3.63, 3.8) is 0 Å². The number of nitrogens with one attached hydrogen (secondary N) is 1. The molecule has 1 saturated carbocycles. The molecule has 0 aromatic heterocycles. The predicted octanol–water partition coefficient (Wildman–Crippen LogP) is 2.20. The summed E-state index contributed by atoms with van der Waals surface area (Å²) in [5, 5.41) is 3.76. The van der Waals surface area contributed by atoms with E-state index >= 15 is 0 Å². The maximum Gasteiger partial charge on any atom is 0.156 e. The zero-order valence-electron chi connectivity index (χ0n) is 14.0. The summed E-state index contributed by atoms with van der Waals surface area (Å²) in [6, 6.07) is 0. The molecule has 2 aliphatic rings. The summed E-state index contributed by atoms with van der Waals surface area (Å²) in [6.07, 6.45) is 7.58. The molecule has 21 heavy (non-hydrogen) atoms. The van der Waals surface area contributed by atoms with Crippen LogP contribution < -0.4 is 5.32 Å². The average molecular weight is 317 g/mol. The summed E-state index contributed by atoms with van der Waals surface area (Å²) >= 11 is 0. The minimum absolute atomic E-state index is 0.250. The van der Waals surface area contributed by atoms with Gasteiger partial charge in [0.15, 0.2) is 9.84 Å². The van der Waals surface area contributed by atoms with E-state index in [1.54, 1.807) is 20.8 Å². The Hall–Kier alpha value is -0.130. The van der Waals surface area contributed by atoms with Gasteiger partial charge in [-0.05, 0) is 53.1 Å². The Kier molecular flexibility index (Phi) is 5.37. The highest BCUT2D eigenvalue weighted by atomic mass is 32.2. The third-order valence-electron chi connectivity index (χ3n) is 5.10. The third-order valence-corrected chi connectivity index (χ3v) is 7.68. The molecule has 0 aromatic rings. The Labute approximate surface area is 130 Å². The molecule has 0 amide bonds. The second kappa shape index (κ2) is 6.55. The predicted molar refractivity (Wildman–Crippen MR) is 88.4 cm³/mol. The van der Waals surface area contributed by atoms with Crippen LogP contribution in [0.15, 0.2) is 0 Å². The molecule has 1 aliphatic carbocycles. The van der Waals surface area contributed by atoms with Gasteiger partial charge in [0, 0.05) is 18.6 Å². The molecule has 0 aromatic carbocycles. The standard InChI is InChI=1S/C16H32N2O2S/c1-15(2,3)21(19,20)13-12-18-11-7-10-17-16(14-18)8-5-4-6-9-16/h17H,4-14H2,1-3H3. The van der Waals surface area contributed by atoms with Crippen LogP contribution in [0, 0.1) is 0 Å². The van der Waals surface area contributed by atoms with Crippen molar-refractivity contribution in [2.24, 2.45) is 0 Å². The maximum atomic E-state index is 12.3. The van der Waals surface area contributed by atoms with E-state index < -0.39 is 14.6 Å². The van der Waals surface area contributed by atoms with Crippen molar-refractivity contribution in [3.8, 4) is 0 Å². The molecule has 2 rings (SSSR count). The summed E-state index contributed by atoms with van der Waals surface area (Å²) < 4.78 is 24.0. The highest BCUT2D eigenvalue weighted by Gasteiger charge is 2.36. The molecule has 5 heteroatoms. The number of hydrogen-bond acceptors (Lipinski definition) is 4. The second-order valence-corrected chi connectivity index (χ2v) is 10.7. The van der Waals surface area contributed by atoms with Crippen LogP contribution >= 0.6 is 0 Å². The van der Waals surface area contributed by atoms with Gasteiger partial charge in [0.2, 0.25) is 0 Å². The molecule has 1 N–H and O–H groups in total. The van der Waals surface area contributed by atoms with E-state index in [-0.39, 0.29) is 11.3 Å². The summed E-state index contributed by atoms with van der Waals surface area (Å²) in [5.41, 5.74) is 0.250. The molecule has 1 saturated heterocycles. The van der Waals surface area contributed by atoms with E-state index in [2.05, 4.69) is 10.2 Å². The van der Waals surface area contributed by atoms with Gasteiger partial charge in [-0.3, -0.25) is 0 Å². The molecular weight excluding hydrogens is 284 g/mol. The second-order valence-electron chi connectivity index (χ2n) is 7.83. The molecular formula is C16H32N2O2S. The normalized spacial score (nSPS) is 24.9. The largest absolute Gasteiger partial charge is 0.310 e. The lowest BCUT2D eigenvalue weighted by atomic mass is 9.81. The lowest BCUT2D eigenvalue weighted by Gasteiger charge is -2.40. The minimum atomic E-state index is -3.01. The first kappa shape index (κ1) is 17.2. The van der Waals surface area contributed by atoms with Crippen LogP contribution in [0.1, 0.15) is 59.3 Å². The van der Waals surface area contributed by atoms with Crippen LogP contribution in [0.5, 0.6) is 0 Å². The summed E-state index contributed by atoms with van der Waals surface area (Å²) in [7, 11) is -3.01. The fourth-order valence-corrected chi connectivity index (χ4v) is 4.64. The van der Waals surface area contributed by atoms with Crippen LogP contribution in [0.2, 0.25) is 0 Å². The van der Waals surface area contributed by atoms with Crippen molar-refractivity contribution < 1.29 is 8.42 Å². The monoisotopic (exact) mass is 316 g/mol. The molecule has 1 heterocycles. The molecule has 0 bridgehead atoms. The summed E-state index contributed by atoms with van der Waals surface area (Å²) in [4.78, 5) is 2.38. The van der Waals surface area contributed by atoms with E-state index in [4.69, 9.17) is 0 Å². The highest BCUT2D eigenvalue weighted by Crippen LogP contribution is 2.30. The smallest absolute Gasteiger partial charge is 0.156 e. The average Bonchev–Trinajstić information content (AvgIpc) is 2.59. The minimum Gasteiger partial charge on any atom is -0.310 e. The van der Waals surface area contributed by atoms with Crippen molar-refractivity contribution in [2.75, 3.05) is 31.9 Å². The topological polar surface area (TPSA) is 49.4 Å². The Bertz CT molecular complexity index is 434. The lowest BCUT2D eigenvalue weighted by Crippen LogP contribution is -2.53. The van der Waals surface area contributed by atoms with E-state index in [1.807, 2.05) is 0 Å². The molecule has 0 atom stereocenters. The summed E-state index contributed by atoms with van der Waals surface area (Å²) in [5.74, 6) is 0.284. The van der Waals surface area contributed by atoms with Gasteiger partial charge in [-0.1, -0.05) is 19.3 Å². The van der Waals surface area contributed by atoms with Gasteiger partial charge in [-0.15, -0.1) is 0 Å². The van der Waals surface area contributed by atoms with Gasteiger partial charge >= 0.3 is 0 Å². The first-order valence-electron chi connectivity index (χ1n) is 8.44. The van der Waals surface area contributed by atoms with Crippen LogP contribution in [-0.4, -0.2) is 55.5 Å². The van der Waals surface area contributed by atoms with Crippen molar-refractivity contribution >= 4 is 9.84 Å². The van der Waals surface area contributed by atoms with Gasteiger partial charge in [-0.25, -0.2) is 8.42 Å².